The van der Waals surface area contributed by atoms with Crippen LogP contribution in [0.4, 0.5) is 5.69 Å². The summed E-state index contributed by atoms with van der Waals surface area (Å²) in [6.07, 6.45) is 0. The monoisotopic (exact) mass is 181 g/mol. The van der Waals surface area contributed by atoms with Gasteiger partial charge >= 0.3 is 0 Å². The van der Waals surface area contributed by atoms with E-state index in [1.54, 1.807) is 0 Å². The van der Waals surface area contributed by atoms with E-state index in [2.05, 4.69) is 17.9 Å². The highest BCUT2D eigenvalue weighted by molar-refractivity contribution is 7.80. The van der Waals surface area contributed by atoms with Gasteiger partial charge in [0.2, 0.25) is 0 Å². The molecule has 0 saturated carbocycles. The van der Waals surface area contributed by atoms with Crippen molar-refractivity contribution in [2.75, 3.05) is 18.5 Å². The maximum atomic E-state index is 5.46. The number of nitrogens with one attached hydrogen (secondary N) is 1. The highest BCUT2D eigenvalue weighted by Gasteiger charge is 2.12. The molecule has 0 fully saturated rings. The zero-order valence-corrected chi connectivity index (χ0v) is 7.82. The van der Waals surface area contributed by atoms with Crippen LogP contribution in [0.15, 0.2) is 17.0 Å². The Balaban J connectivity index is 2.54. The van der Waals surface area contributed by atoms with Crippen molar-refractivity contribution in [3.8, 4) is 5.75 Å². The summed E-state index contributed by atoms with van der Waals surface area (Å²) in [5, 5.41) is 3.30. The molecule has 1 aliphatic rings. The molecule has 0 amide bonds. The number of fused-ring (bicyclic) bond motifs is 1. The second-order valence-corrected chi connectivity index (χ2v) is 3.34. The highest BCUT2D eigenvalue weighted by atomic mass is 32.1. The Hall–Kier alpha value is -0.830. The van der Waals surface area contributed by atoms with Crippen molar-refractivity contribution in [3.63, 3.8) is 0 Å². The van der Waals surface area contributed by atoms with Gasteiger partial charge in [-0.2, -0.15) is 0 Å². The number of hydrogen-bond acceptors (Lipinski definition) is 3. The first-order valence-corrected chi connectivity index (χ1v) is 4.43. The van der Waals surface area contributed by atoms with Crippen LogP contribution in [0.1, 0.15) is 5.56 Å². The van der Waals surface area contributed by atoms with Crippen LogP contribution in [-0.2, 0) is 0 Å². The van der Waals surface area contributed by atoms with Gasteiger partial charge in [0.15, 0.2) is 0 Å². The van der Waals surface area contributed by atoms with E-state index < -0.39 is 0 Å². The van der Waals surface area contributed by atoms with Crippen LogP contribution in [0.3, 0.4) is 0 Å². The Morgan fingerprint density at radius 1 is 1.50 bits per heavy atom. The van der Waals surface area contributed by atoms with Crippen molar-refractivity contribution in [2.24, 2.45) is 0 Å². The average Bonchev–Trinajstić information content (AvgIpc) is 2.12. The van der Waals surface area contributed by atoms with Crippen molar-refractivity contribution in [1.82, 2.24) is 0 Å². The van der Waals surface area contributed by atoms with Crippen molar-refractivity contribution in [2.45, 2.75) is 11.8 Å². The van der Waals surface area contributed by atoms with E-state index in [4.69, 9.17) is 4.74 Å². The number of hydrogen-bond donors (Lipinski definition) is 2. The molecule has 1 aromatic carbocycles. The molecule has 0 aliphatic carbocycles. The number of rotatable bonds is 0. The Morgan fingerprint density at radius 2 is 2.33 bits per heavy atom. The number of ether oxygens (including phenoxy) is 1. The molecule has 64 valence electrons. The standard InChI is InChI=1S/C9H11NOS/c1-6-8(12)3-2-7-9(6)10-4-5-11-7/h2-3,10,12H,4-5H2,1H3. The molecule has 1 N–H and O–H groups in total. The molecule has 2 rings (SSSR count). The summed E-state index contributed by atoms with van der Waals surface area (Å²) in [5.74, 6) is 0.941. The van der Waals surface area contributed by atoms with E-state index >= 15 is 0 Å². The van der Waals surface area contributed by atoms with Gasteiger partial charge in [0.05, 0.1) is 5.69 Å². The van der Waals surface area contributed by atoms with Gasteiger partial charge in [0.1, 0.15) is 12.4 Å². The van der Waals surface area contributed by atoms with Gasteiger partial charge in [-0.3, -0.25) is 0 Å². The van der Waals surface area contributed by atoms with Gasteiger partial charge in [-0.05, 0) is 24.6 Å². The first-order chi connectivity index (χ1) is 5.79. The van der Waals surface area contributed by atoms with Crippen molar-refractivity contribution in [1.29, 1.82) is 0 Å². The lowest BCUT2D eigenvalue weighted by Crippen LogP contribution is -2.18. The van der Waals surface area contributed by atoms with E-state index in [9.17, 15) is 0 Å². The average molecular weight is 181 g/mol. The second kappa shape index (κ2) is 2.90. The second-order valence-electron chi connectivity index (χ2n) is 2.86. The Morgan fingerprint density at radius 3 is 3.17 bits per heavy atom. The summed E-state index contributed by atoms with van der Waals surface area (Å²) in [5.41, 5.74) is 2.25. The van der Waals surface area contributed by atoms with Crippen molar-refractivity contribution in [3.05, 3.63) is 17.7 Å². The van der Waals surface area contributed by atoms with Gasteiger partial charge in [-0.1, -0.05) is 0 Å². The predicted molar refractivity (Wildman–Crippen MR) is 52.4 cm³/mol. The number of benzene rings is 1. The Bertz CT molecular complexity index is 312. The van der Waals surface area contributed by atoms with E-state index in [-0.39, 0.29) is 0 Å². The van der Waals surface area contributed by atoms with Gasteiger partial charge in [-0.25, -0.2) is 0 Å². The molecule has 0 aromatic heterocycles. The largest absolute Gasteiger partial charge is 0.490 e. The van der Waals surface area contributed by atoms with E-state index in [1.807, 2.05) is 19.1 Å². The van der Waals surface area contributed by atoms with Crippen LogP contribution >= 0.6 is 12.6 Å². The maximum Gasteiger partial charge on any atom is 0.142 e. The molecule has 12 heavy (non-hydrogen) atoms. The first kappa shape index (κ1) is 7.80. The molecule has 1 heterocycles. The highest BCUT2D eigenvalue weighted by Crippen LogP contribution is 2.33. The fourth-order valence-electron chi connectivity index (χ4n) is 1.35. The molecule has 2 nitrogen and oxygen atoms in total. The van der Waals surface area contributed by atoms with Gasteiger partial charge in [0, 0.05) is 11.4 Å². The van der Waals surface area contributed by atoms with Gasteiger partial charge < -0.3 is 10.1 Å². The first-order valence-electron chi connectivity index (χ1n) is 3.98. The normalized spacial score (nSPS) is 14.5. The quantitative estimate of drug-likeness (QED) is 0.598. The summed E-state index contributed by atoms with van der Waals surface area (Å²) < 4.78 is 5.46. The minimum Gasteiger partial charge on any atom is -0.490 e. The summed E-state index contributed by atoms with van der Waals surface area (Å²) >= 11 is 4.34. The molecule has 0 radical (unpaired) electrons. The topological polar surface area (TPSA) is 21.3 Å². The number of thiol groups is 1. The lowest BCUT2D eigenvalue weighted by atomic mass is 10.1. The summed E-state index contributed by atoms with van der Waals surface area (Å²) in [6.45, 7) is 3.67. The van der Waals surface area contributed by atoms with E-state index in [0.29, 0.717) is 0 Å². The summed E-state index contributed by atoms with van der Waals surface area (Å²) in [4.78, 5) is 1.01. The number of anilines is 1. The maximum absolute atomic E-state index is 5.46. The molecule has 0 spiro atoms. The third-order valence-electron chi connectivity index (χ3n) is 2.06. The summed E-state index contributed by atoms with van der Waals surface area (Å²) in [7, 11) is 0. The zero-order valence-electron chi connectivity index (χ0n) is 6.92. The lowest BCUT2D eigenvalue weighted by molar-refractivity contribution is 0.322. The smallest absolute Gasteiger partial charge is 0.142 e. The minimum absolute atomic E-state index is 0.748. The third kappa shape index (κ3) is 1.14. The molecule has 0 bridgehead atoms. The molecule has 0 saturated heterocycles. The molecule has 1 aromatic rings. The van der Waals surface area contributed by atoms with Crippen LogP contribution in [0.2, 0.25) is 0 Å². The molecule has 3 heteroatoms. The fourth-order valence-corrected chi connectivity index (χ4v) is 1.54. The zero-order chi connectivity index (χ0) is 8.55. The van der Waals surface area contributed by atoms with Crippen LogP contribution in [-0.4, -0.2) is 13.2 Å². The molecule has 0 unspecified atom stereocenters. The Kier molecular flexibility index (Phi) is 1.89. The Labute approximate surface area is 77.3 Å². The van der Waals surface area contributed by atoms with Crippen LogP contribution in [0.25, 0.3) is 0 Å². The van der Waals surface area contributed by atoms with E-state index in [0.717, 1.165) is 35.0 Å². The van der Waals surface area contributed by atoms with Crippen LogP contribution < -0.4 is 10.1 Å². The molecule has 1 aliphatic heterocycles. The molecular weight excluding hydrogens is 170 g/mol. The van der Waals surface area contributed by atoms with Crippen molar-refractivity contribution >= 4 is 18.3 Å². The summed E-state index contributed by atoms with van der Waals surface area (Å²) in [6, 6.07) is 3.92. The predicted octanol–water partition coefficient (Wildman–Crippen LogP) is 2.09. The lowest BCUT2D eigenvalue weighted by Gasteiger charge is -2.21. The minimum atomic E-state index is 0.748. The SMILES string of the molecule is Cc1c(S)ccc2c1NCCO2. The van der Waals surface area contributed by atoms with E-state index in [1.165, 1.54) is 0 Å². The molecule has 0 atom stereocenters. The van der Waals surface area contributed by atoms with Gasteiger partial charge in [0.25, 0.3) is 0 Å². The van der Waals surface area contributed by atoms with Crippen LogP contribution in [0.5, 0.6) is 5.75 Å². The fraction of sp³-hybridized carbons (Fsp3) is 0.333. The molecular formula is C9H11NOS. The van der Waals surface area contributed by atoms with Crippen molar-refractivity contribution < 1.29 is 4.74 Å². The third-order valence-corrected chi connectivity index (χ3v) is 2.54. The van der Waals surface area contributed by atoms with Gasteiger partial charge in [-0.15, -0.1) is 12.6 Å². The van der Waals surface area contributed by atoms with Crippen LogP contribution in [0, 0.1) is 6.92 Å².